The predicted octanol–water partition coefficient (Wildman–Crippen LogP) is 4.16. The van der Waals surface area contributed by atoms with Crippen molar-refractivity contribution >= 4 is 5.95 Å². The van der Waals surface area contributed by atoms with Gasteiger partial charge in [-0.3, -0.25) is 5.10 Å². The Morgan fingerprint density at radius 2 is 1.83 bits per heavy atom. The van der Waals surface area contributed by atoms with Gasteiger partial charge in [-0.15, -0.1) is 0 Å². The molecule has 0 bridgehead atoms. The molecule has 0 radical (unpaired) electrons. The lowest BCUT2D eigenvalue weighted by molar-refractivity contribution is 0.811. The molecule has 3 rings (SSSR count). The average molecular weight is 307 g/mol. The molecule has 2 heterocycles. The molecular weight excluding hydrogens is 286 g/mol. The van der Waals surface area contributed by atoms with Crippen molar-refractivity contribution in [3.63, 3.8) is 0 Å². The molecule has 0 aliphatic carbocycles. The average Bonchev–Trinajstić information content (AvgIpc) is 3.06. The molecule has 0 aliphatic heterocycles. The van der Waals surface area contributed by atoms with Crippen molar-refractivity contribution in [2.45, 2.75) is 32.7 Å². The lowest BCUT2D eigenvalue weighted by Crippen LogP contribution is -2.09. The summed E-state index contributed by atoms with van der Waals surface area (Å²) in [5, 5.41) is 10.6. The largest absolute Gasteiger partial charge is 0.348 e. The van der Waals surface area contributed by atoms with Gasteiger partial charge in [-0.05, 0) is 24.5 Å². The van der Waals surface area contributed by atoms with E-state index < -0.39 is 0 Å². The van der Waals surface area contributed by atoms with Crippen LogP contribution in [-0.4, -0.2) is 20.2 Å². The van der Waals surface area contributed by atoms with Gasteiger partial charge in [0.25, 0.3) is 0 Å². The third-order valence-electron chi connectivity index (χ3n) is 3.82. The number of nitrogens with zero attached hydrogens (tertiary/aromatic N) is 3. The van der Waals surface area contributed by atoms with E-state index in [2.05, 4.69) is 58.4 Å². The van der Waals surface area contributed by atoms with Gasteiger partial charge in [0, 0.05) is 17.5 Å². The Bertz CT molecular complexity index is 764. The highest BCUT2D eigenvalue weighted by Crippen LogP contribution is 2.26. The molecule has 5 heteroatoms. The molecule has 2 aromatic heterocycles. The third-order valence-corrected chi connectivity index (χ3v) is 3.82. The first-order chi connectivity index (χ1) is 11.1. The molecule has 2 N–H and O–H groups in total. The lowest BCUT2D eigenvalue weighted by atomic mass is 10.0. The summed E-state index contributed by atoms with van der Waals surface area (Å²) < 4.78 is 0. The standard InChI is InChI=1S/C18H21N5/c1-12(2)17-15(11-20-23-17)16-9-10-19-18(22-16)21-13(3)14-7-5-4-6-8-14/h4-13H,1-3H3,(H,20,23)(H,19,21,22)/t13-/m0/s1. The molecule has 118 valence electrons. The van der Waals surface area contributed by atoms with Crippen LogP contribution in [0, 0.1) is 0 Å². The number of rotatable bonds is 5. The van der Waals surface area contributed by atoms with Crippen molar-refractivity contribution in [1.82, 2.24) is 20.2 Å². The third kappa shape index (κ3) is 3.39. The summed E-state index contributed by atoms with van der Waals surface area (Å²) in [6.07, 6.45) is 3.60. The van der Waals surface area contributed by atoms with Gasteiger partial charge >= 0.3 is 0 Å². The zero-order valence-electron chi connectivity index (χ0n) is 13.6. The normalized spacial score (nSPS) is 12.3. The summed E-state index contributed by atoms with van der Waals surface area (Å²) in [6.45, 7) is 6.37. The molecule has 0 amide bonds. The number of anilines is 1. The lowest BCUT2D eigenvalue weighted by Gasteiger charge is -2.14. The van der Waals surface area contributed by atoms with Gasteiger partial charge in [0.15, 0.2) is 0 Å². The molecule has 23 heavy (non-hydrogen) atoms. The Kier molecular flexibility index (Phi) is 4.37. The Morgan fingerprint density at radius 1 is 1.04 bits per heavy atom. The second-order valence-electron chi connectivity index (χ2n) is 5.89. The summed E-state index contributed by atoms with van der Waals surface area (Å²) in [4.78, 5) is 8.98. The van der Waals surface area contributed by atoms with Gasteiger partial charge in [0.2, 0.25) is 5.95 Å². The SMILES string of the molecule is CC(C)c1[nH]ncc1-c1ccnc(N[C@@H](C)c2ccccc2)n1. The molecule has 3 aromatic rings. The van der Waals surface area contributed by atoms with Crippen LogP contribution < -0.4 is 5.32 Å². The quantitative estimate of drug-likeness (QED) is 0.742. The Morgan fingerprint density at radius 3 is 2.57 bits per heavy atom. The first kappa shape index (κ1) is 15.2. The smallest absolute Gasteiger partial charge is 0.223 e. The minimum atomic E-state index is 0.139. The van der Waals surface area contributed by atoms with Crippen LogP contribution in [0.4, 0.5) is 5.95 Å². The van der Waals surface area contributed by atoms with E-state index in [4.69, 9.17) is 0 Å². The molecule has 1 aromatic carbocycles. The summed E-state index contributed by atoms with van der Waals surface area (Å²) in [5.41, 5.74) is 4.19. The highest BCUT2D eigenvalue weighted by atomic mass is 15.1. The fraction of sp³-hybridized carbons (Fsp3) is 0.278. The maximum atomic E-state index is 4.64. The van der Waals surface area contributed by atoms with E-state index in [0.717, 1.165) is 17.0 Å². The van der Waals surface area contributed by atoms with Crippen LogP contribution in [0.1, 0.15) is 44.0 Å². The number of aromatic nitrogens is 4. The van der Waals surface area contributed by atoms with Crippen molar-refractivity contribution in [2.75, 3.05) is 5.32 Å². The Hall–Kier alpha value is -2.69. The monoisotopic (exact) mass is 307 g/mol. The van der Waals surface area contributed by atoms with Gasteiger partial charge in [0.1, 0.15) is 0 Å². The number of aromatic amines is 1. The molecule has 0 saturated carbocycles. The van der Waals surface area contributed by atoms with Gasteiger partial charge in [0.05, 0.1) is 17.9 Å². The summed E-state index contributed by atoms with van der Waals surface area (Å²) in [5.74, 6) is 0.983. The highest BCUT2D eigenvalue weighted by molar-refractivity contribution is 5.62. The Labute approximate surface area is 136 Å². The predicted molar refractivity (Wildman–Crippen MR) is 92.2 cm³/mol. The van der Waals surface area contributed by atoms with Crippen molar-refractivity contribution < 1.29 is 0 Å². The van der Waals surface area contributed by atoms with Gasteiger partial charge < -0.3 is 5.32 Å². The molecule has 0 aliphatic rings. The van der Waals surface area contributed by atoms with E-state index in [0.29, 0.717) is 11.9 Å². The maximum absolute atomic E-state index is 4.64. The summed E-state index contributed by atoms with van der Waals surface area (Å²) >= 11 is 0. The zero-order valence-corrected chi connectivity index (χ0v) is 13.6. The number of H-pyrrole nitrogens is 1. The van der Waals surface area contributed by atoms with E-state index in [9.17, 15) is 0 Å². The van der Waals surface area contributed by atoms with E-state index in [1.54, 1.807) is 6.20 Å². The number of benzene rings is 1. The van der Waals surface area contributed by atoms with Crippen molar-refractivity contribution in [3.05, 3.63) is 60.0 Å². The van der Waals surface area contributed by atoms with E-state index in [1.165, 1.54) is 5.56 Å². The van der Waals surface area contributed by atoms with Crippen LogP contribution in [0.15, 0.2) is 48.8 Å². The van der Waals surface area contributed by atoms with E-state index in [-0.39, 0.29) is 6.04 Å². The van der Waals surface area contributed by atoms with Crippen LogP contribution in [-0.2, 0) is 0 Å². The van der Waals surface area contributed by atoms with Crippen LogP contribution in [0.25, 0.3) is 11.3 Å². The minimum Gasteiger partial charge on any atom is -0.348 e. The maximum Gasteiger partial charge on any atom is 0.223 e. The van der Waals surface area contributed by atoms with Crippen molar-refractivity contribution in [1.29, 1.82) is 0 Å². The zero-order chi connectivity index (χ0) is 16.2. The summed E-state index contributed by atoms with van der Waals surface area (Å²) in [6, 6.07) is 12.3. The highest BCUT2D eigenvalue weighted by Gasteiger charge is 2.13. The minimum absolute atomic E-state index is 0.139. The van der Waals surface area contributed by atoms with E-state index >= 15 is 0 Å². The molecule has 0 spiro atoms. The second-order valence-corrected chi connectivity index (χ2v) is 5.89. The van der Waals surface area contributed by atoms with E-state index in [1.807, 2.05) is 30.5 Å². The number of hydrogen-bond acceptors (Lipinski definition) is 4. The molecule has 5 nitrogen and oxygen atoms in total. The molecule has 0 fully saturated rings. The van der Waals surface area contributed by atoms with Crippen LogP contribution in [0.3, 0.4) is 0 Å². The first-order valence-electron chi connectivity index (χ1n) is 7.83. The van der Waals surface area contributed by atoms with Crippen LogP contribution in [0.5, 0.6) is 0 Å². The molecular formula is C18H21N5. The van der Waals surface area contributed by atoms with Gasteiger partial charge in [-0.2, -0.15) is 5.10 Å². The van der Waals surface area contributed by atoms with Gasteiger partial charge in [-0.25, -0.2) is 9.97 Å². The second kappa shape index (κ2) is 6.60. The van der Waals surface area contributed by atoms with Crippen LogP contribution in [0.2, 0.25) is 0 Å². The van der Waals surface area contributed by atoms with Crippen molar-refractivity contribution in [2.24, 2.45) is 0 Å². The molecule has 1 atom stereocenters. The molecule has 0 unspecified atom stereocenters. The molecule has 0 saturated heterocycles. The van der Waals surface area contributed by atoms with Crippen LogP contribution >= 0.6 is 0 Å². The fourth-order valence-electron chi connectivity index (χ4n) is 2.54. The summed E-state index contributed by atoms with van der Waals surface area (Å²) in [7, 11) is 0. The topological polar surface area (TPSA) is 66.5 Å². The van der Waals surface area contributed by atoms with Crippen molar-refractivity contribution in [3.8, 4) is 11.3 Å². The van der Waals surface area contributed by atoms with Gasteiger partial charge in [-0.1, -0.05) is 44.2 Å². The fourth-order valence-corrected chi connectivity index (χ4v) is 2.54. The number of nitrogens with one attached hydrogen (secondary N) is 2. The Balaban J connectivity index is 1.84. The number of hydrogen-bond donors (Lipinski definition) is 2. The first-order valence-corrected chi connectivity index (χ1v) is 7.83.